The van der Waals surface area contributed by atoms with Crippen molar-refractivity contribution in [3.05, 3.63) is 71.3 Å². The zero-order valence-electron chi connectivity index (χ0n) is 14.8. The summed E-state index contributed by atoms with van der Waals surface area (Å²) < 4.78 is 1.78. The predicted molar refractivity (Wildman–Crippen MR) is 105 cm³/mol. The van der Waals surface area contributed by atoms with Crippen LogP contribution >= 0.6 is 11.6 Å². The summed E-state index contributed by atoms with van der Waals surface area (Å²) in [5.74, 6) is 0.776. The third-order valence-electron chi connectivity index (χ3n) is 4.66. The summed E-state index contributed by atoms with van der Waals surface area (Å²) in [5, 5.41) is 8.18. The van der Waals surface area contributed by atoms with E-state index >= 15 is 0 Å². The molecule has 0 radical (unpaired) electrons. The molecule has 0 unspecified atom stereocenters. The molecule has 0 spiro atoms. The molecular weight excluding hydrogens is 362 g/mol. The van der Waals surface area contributed by atoms with Gasteiger partial charge in [-0.15, -0.1) is 0 Å². The summed E-state index contributed by atoms with van der Waals surface area (Å²) in [6.07, 6.45) is 3.63. The van der Waals surface area contributed by atoms with Crippen LogP contribution in [0.4, 0.5) is 5.69 Å². The van der Waals surface area contributed by atoms with Gasteiger partial charge in [-0.2, -0.15) is 5.10 Å². The fourth-order valence-electron chi connectivity index (χ4n) is 3.28. The van der Waals surface area contributed by atoms with Crippen molar-refractivity contribution < 1.29 is 4.79 Å². The van der Waals surface area contributed by atoms with Gasteiger partial charge in [0.05, 0.1) is 17.8 Å². The van der Waals surface area contributed by atoms with Crippen LogP contribution in [0.3, 0.4) is 0 Å². The Balaban J connectivity index is 1.56. The minimum atomic E-state index is 0.0158. The van der Waals surface area contributed by atoms with E-state index in [1.165, 1.54) is 6.33 Å². The maximum absolute atomic E-state index is 12.9. The van der Waals surface area contributed by atoms with E-state index in [1.807, 2.05) is 41.3 Å². The lowest BCUT2D eigenvalue weighted by molar-refractivity contribution is 0.0793. The van der Waals surface area contributed by atoms with Gasteiger partial charge in [0.15, 0.2) is 5.82 Å². The average molecular weight is 382 g/mol. The van der Waals surface area contributed by atoms with Crippen LogP contribution in [0.5, 0.6) is 0 Å². The predicted octanol–water partition coefficient (Wildman–Crippen LogP) is 3.77. The highest BCUT2D eigenvalue weighted by molar-refractivity contribution is 6.31. The van der Waals surface area contributed by atoms with E-state index in [4.69, 9.17) is 11.6 Å². The van der Waals surface area contributed by atoms with Crippen LogP contribution in [-0.2, 0) is 6.54 Å². The van der Waals surface area contributed by atoms with Gasteiger partial charge in [-0.3, -0.25) is 4.79 Å². The first-order valence-electron chi connectivity index (χ1n) is 8.99. The summed E-state index contributed by atoms with van der Waals surface area (Å²) in [6, 6.07) is 15.2. The molecule has 4 rings (SSSR count). The van der Waals surface area contributed by atoms with Crippen molar-refractivity contribution in [2.45, 2.75) is 19.4 Å². The quantitative estimate of drug-likeness (QED) is 0.730. The van der Waals surface area contributed by atoms with E-state index in [9.17, 15) is 4.79 Å². The van der Waals surface area contributed by atoms with Crippen LogP contribution in [0.15, 0.2) is 54.9 Å². The summed E-state index contributed by atoms with van der Waals surface area (Å²) in [7, 11) is 0. The highest BCUT2D eigenvalue weighted by atomic mass is 35.5. The number of anilines is 1. The molecule has 1 aliphatic heterocycles. The maximum atomic E-state index is 12.9. The van der Waals surface area contributed by atoms with E-state index < -0.39 is 0 Å². The number of hydrogen-bond acceptors (Lipinski definition) is 4. The van der Waals surface area contributed by atoms with Crippen LogP contribution in [0.2, 0.25) is 5.02 Å². The van der Waals surface area contributed by atoms with Gasteiger partial charge in [-0.25, -0.2) is 9.67 Å². The van der Waals surface area contributed by atoms with Crippen molar-refractivity contribution in [2.24, 2.45) is 0 Å². The number of likely N-dealkylation sites (tertiary alicyclic amines) is 1. The van der Waals surface area contributed by atoms with Crippen molar-refractivity contribution in [3.8, 4) is 5.69 Å². The Morgan fingerprint density at radius 1 is 1.11 bits per heavy atom. The highest BCUT2D eigenvalue weighted by Crippen LogP contribution is 2.24. The second-order valence-corrected chi connectivity index (χ2v) is 6.90. The lowest BCUT2D eigenvalue weighted by atomic mass is 10.1. The molecule has 1 fully saturated rings. The zero-order valence-corrected chi connectivity index (χ0v) is 15.6. The monoisotopic (exact) mass is 381 g/mol. The standard InChI is InChI=1S/C20H20ClN5O/c21-15-8-9-18(17(12-15)20(27)25-10-4-5-11-25)22-13-19-23-14-24-26(19)16-6-2-1-3-7-16/h1-3,6-9,12,14,22H,4-5,10-11,13H2. The number of benzene rings is 2. The number of nitrogens with one attached hydrogen (secondary N) is 1. The van der Waals surface area contributed by atoms with Gasteiger partial charge in [0.2, 0.25) is 0 Å². The number of rotatable bonds is 5. The molecule has 0 aliphatic carbocycles. The Morgan fingerprint density at radius 3 is 2.67 bits per heavy atom. The molecular formula is C20H20ClN5O. The van der Waals surface area contributed by atoms with Crippen LogP contribution in [0.25, 0.3) is 5.69 Å². The van der Waals surface area contributed by atoms with E-state index in [0.717, 1.165) is 43.1 Å². The first kappa shape index (κ1) is 17.5. The Labute approximate surface area is 162 Å². The molecule has 1 aliphatic rings. The molecule has 1 aromatic heterocycles. The molecule has 1 N–H and O–H groups in total. The van der Waals surface area contributed by atoms with Crippen LogP contribution < -0.4 is 5.32 Å². The Kier molecular flexibility index (Phi) is 5.07. The van der Waals surface area contributed by atoms with E-state index in [0.29, 0.717) is 17.1 Å². The van der Waals surface area contributed by atoms with E-state index in [1.54, 1.807) is 16.8 Å². The number of aromatic nitrogens is 3. The normalized spacial score (nSPS) is 13.7. The Hall–Kier alpha value is -2.86. The highest BCUT2D eigenvalue weighted by Gasteiger charge is 2.22. The van der Waals surface area contributed by atoms with Gasteiger partial charge in [0, 0.05) is 23.8 Å². The summed E-state index contributed by atoms with van der Waals surface area (Å²) in [5.41, 5.74) is 2.28. The summed E-state index contributed by atoms with van der Waals surface area (Å²) in [6.45, 7) is 2.04. The van der Waals surface area contributed by atoms with Gasteiger partial charge in [0.1, 0.15) is 6.33 Å². The number of hydrogen-bond donors (Lipinski definition) is 1. The molecule has 6 nitrogen and oxygen atoms in total. The first-order valence-corrected chi connectivity index (χ1v) is 9.37. The number of halogens is 1. The average Bonchev–Trinajstić information content (AvgIpc) is 3.39. The second kappa shape index (κ2) is 7.80. The maximum Gasteiger partial charge on any atom is 0.256 e. The summed E-state index contributed by atoms with van der Waals surface area (Å²) >= 11 is 6.15. The number of para-hydroxylation sites is 1. The zero-order chi connectivity index (χ0) is 18.6. The van der Waals surface area contributed by atoms with Crippen molar-refractivity contribution in [1.82, 2.24) is 19.7 Å². The fraction of sp³-hybridized carbons (Fsp3) is 0.250. The third-order valence-corrected chi connectivity index (χ3v) is 4.90. The topological polar surface area (TPSA) is 63.1 Å². The number of nitrogens with zero attached hydrogens (tertiary/aromatic N) is 4. The Morgan fingerprint density at radius 2 is 1.89 bits per heavy atom. The molecule has 138 valence electrons. The molecule has 0 atom stereocenters. The third kappa shape index (κ3) is 3.80. The van der Waals surface area contributed by atoms with Crippen molar-refractivity contribution >= 4 is 23.2 Å². The molecule has 3 aromatic rings. The minimum absolute atomic E-state index is 0.0158. The first-order chi connectivity index (χ1) is 13.2. The molecule has 0 saturated carbocycles. The van der Waals surface area contributed by atoms with Gasteiger partial charge in [-0.05, 0) is 43.2 Å². The van der Waals surface area contributed by atoms with Crippen LogP contribution in [0, 0.1) is 0 Å². The van der Waals surface area contributed by atoms with E-state index in [2.05, 4.69) is 15.4 Å². The smallest absolute Gasteiger partial charge is 0.256 e. The van der Waals surface area contributed by atoms with Crippen LogP contribution in [-0.4, -0.2) is 38.7 Å². The van der Waals surface area contributed by atoms with Crippen molar-refractivity contribution in [2.75, 3.05) is 18.4 Å². The molecule has 27 heavy (non-hydrogen) atoms. The second-order valence-electron chi connectivity index (χ2n) is 6.47. The summed E-state index contributed by atoms with van der Waals surface area (Å²) in [4.78, 5) is 19.1. The number of carbonyl (C=O) groups excluding carboxylic acids is 1. The number of carbonyl (C=O) groups is 1. The minimum Gasteiger partial charge on any atom is -0.377 e. The largest absolute Gasteiger partial charge is 0.377 e. The number of amides is 1. The van der Waals surface area contributed by atoms with Gasteiger partial charge in [0.25, 0.3) is 5.91 Å². The molecule has 2 aromatic carbocycles. The SMILES string of the molecule is O=C(c1cc(Cl)ccc1NCc1ncnn1-c1ccccc1)N1CCCC1. The van der Waals surface area contributed by atoms with Gasteiger partial charge >= 0.3 is 0 Å². The fourth-order valence-corrected chi connectivity index (χ4v) is 3.46. The molecule has 0 bridgehead atoms. The molecule has 2 heterocycles. The van der Waals surface area contributed by atoms with Crippen molar-refractivity contribution in [3.63, 3.8) is 0 Å². The Bertz CT molecular complexity index is 935. The molecule has 1 amide bonds. The van der Waals surface area contributed by atoms with Gasteiger partial charge < -0.3 is 10.2 Å². The lowest BCUT2D eigenvalue weighted by Crippen LogP contribution is -2.28. The van der Waals surface area contributed by atoms with Crippen LogP contribution in [0.1, 0.15) is 29.0 Å². The molecule has 7 heteroatoms. The van der Waals surface area contributed by atoms with E-state index in [-0.39, 0.29) is 5.91 Å². The molecule has 1 saturated heterocycles. The van der Waals surface area contributed by atoms with Crippen molar-refractivity contribution in [1.29, 1.82) is 0 Å². The lowest BCUT2D eigenvalue weighted by Gasteiger charge is -2.18. The van der Waals surface area contributed by atoms with Gasteiger partial charge in [-0.1, -0.05) is 29.8 Å².